The van der Waals surface area contributed by atoms with Crippen LogP contribution in [0.25, 0.3) is 0 Å². The second kappa shape index (κ2) is 7.31. The van der Waals surface area contributed by atoms with Crippen molar-refractivity contribution in [2.75, 3.05) is 6.54 Å². The van der Waals surface area contributed by atoms with Crippen LogP contribution < -0.4 is 0 Å². The van der Waals surface area contributed by atoms with Gasteiger partial charge in [0, 0.05) is 13.0 Å². The molecular weight excluding hydrogens is 343 g/mol. The molecule has 0 aliphatic carbocycles. The van der Waals surface area contributed by atoms with Gasteiger partial charge in [0.05, 0.1) is 10.7 Å². The van der Waals surface area contributed by atoms with Gasteiger partial charge in [-0.05, 0) is 43.9 Å². The molecule has 0 radical (unpaired) electrons. The minimum atomic E-state index is -0.957. The van der Waals surface area contributed by atoms with Gasteiger partial charge < -0.3 is 10.0 Å². The zero-order valence-electron chi connectivity index (χ0n) is 13.9. The molecule has 7 heteroatoms. The van der Waals surface area contributed by atoms with Crippen molar-refractivity contribution in [2.24, 2.45) is 0 Å². The number of aromatic nitrogens is 1. The number of nitrogens with zero attached hydrogens (tertiary/aromatic N) is 2. The van der Waals surface area contributed by atoms with E-state index in [2.05, 4.69) is 4.98 Å². The van der Waals surface area contributed by atoms with Crippen LogP contribution in [-0.4, -0.2) is 39.5 Å². The lowest BCUT2D eigenvalue weighted by molar-refractivity contribution is -0.143. The summed E-state index contributed by atoms with van der Waals surface area (Å²) >= 11 is 1.29. The highest BCUT2D eigenvalue weighted by molar-refractivity contribution is 7.13. The van der Waals surface area contributed by atoms with Crippen molar-refractivity contribution >= 4 is 23.2 Å². The van der Waals surface area contributed by atoms with Gasteiger partial charge in [0.25, 0.3) is 5.91 Å². The average molecular weight is 362 g/mol. The molecule has 5 nitrogen and oxygen atoms in total. The van der Waals surface area contributed by atoms with Crippen LogP contribution in [0.2, 0.25) is 0 Å². The lowest BCUT2D eigenvalue weighted by atomic mass is 10.0. The van der Waals surface area contributed by atoms with Gasteiger partial charge in [0.1, 0.15) is 16.7 Å². The van der Waals surface area contributed by atoms with E-state index >= 15 is 0 Å². The van der Waals surface area contributed by atoms with E-state index < -0.39 is 12.0 Å². The van der Waals surface area contributed by atoms with Gasteiger partial charge in [-0.2, -0.15) is 0 Å². The van der Waals surface area contributed by atoms with E-state index in [1.54, 1.807) is 19.1 Å². The fourth-order valence-corrected chi connectivity index (χ4v) is 4.12. The Labute approximate surface area is 149 Å². The predicted molar refractivity (Wildman–Crippen MR) is 92.4 cm³/mol. The molecule has 2 aromatic rings. The van der Waals surface area contributed by atoms with Gasteiger partial charge in [0.2, 0.25) is 0 Å². The molecule has 25 heavy (non-hydrogen) atoms. The van der Waals surface area contributed by atoms with Crippen molar-refractivity contribution in [1.82, 2.24) is 9.88 Å². The first-order chi connectivity index (χ1) is 12.0. The molecule has 1 amide bonds. The van der Waals surface area contributed by atoms with Crippen LogP contribution in [-0.2, 0) is 11.2 Å². The van der Waals surface area contributed by atoms with Gasteiger partial charge >= 0.3 is 5.97 Å². The Kier molecular flexibility index (Phi) is 5.13. The predicted octanol–water partition coefficient (Wildman–Crippen LogP) is 3.26. The third-order valence-corrected chi connectivity index (χ3v) is 5.50. The molecule has 2 heterocycles. The molecule has 1 aliphatic heterocycles. The summed E-state index contributed by atoms with van der Waals surface area (Å²) in [6.07, 6.45) is 2.64. The van der Waals surface area contributed by atoms with E-state index in [1.807, 2.05) is 0 Å². The molecule has 1 aliphatic rings. The molecule has 0 bridgehead atoms. The van der Waals surface area contributed by atoms with Crippen LogP contribution in [0, 0.1) is 12.7 Å². The molecule has 1 atom stereocenters. The van der Waals surface area contributed by atoms with Crippen LogP contribution in [0.15, 0.2) is 24.3 Å². The highest BCUT2D eigenvalue weighted by Crippen LogP contribution is 2.26. The van der Waals surface area contributed by atoms with Crippen LogP contribution in [0.4, 0.5) is 4.39 Å². The fraction of sp³-hybridized carbons (Fsp3) is 0.389. The summed E-state index contributed by atoms with van der Waals surface area (Å²) in [4.78, 5) is 30.6. The van der Waals surface area contributed by atoms with Gasteiger partial charge in [-0.25, -0.2) is 14.2 Å². The van der Waals surface area contributed by atoms with Crippen molar-refractivity contribution in [1.29, 1.82) is 0 Å². The standard InChI is InChI=1S/C18H19FN2O3S/c1-11-16(17(22)21-9-3-2-4-14(21)18(23)24)25-15(20-11)10-12-5-7-13(19)8-6-12/h5-8,14H,2-4,9-10H2,1H3,(H,23,24). The van der Waals surface area contributed by atoms with E-state index in [1.165, 1.54) is 28.4 Å². The first-order valence-corrected chi connectivity index (χ1v) is 9.02. The van der Waals surface area contributed by atoms with Gasteiger partial charge in [-0.1, -0.05) is 12.1 Å². The van der Waals surface area contributed by atoms with E-state index in [4.69, 9.17) is 0 Å². The largest absolute Gasteiger partial charge is 0.480 e. The highest BCUT2D eigenvalue weighted by Gasteiger charge is 2.34. The third-order valence-electron chi connectivity index (χ3n) is 4.35. The van der Waals surface area contributed by atoms with Crippen molar-refractivity contribution in [3.8, 4) is 0 Å². The third kappa shape index (κ3) is 3.87. The summed E-state index contributed by atoms with van der Waals surface area (Å²) in [5.74, 6) is -1.51. The number of aryl methyl sites for hydroxylation is 1. The van der Waals surface area contributed by atoms with E-state index in [-0.39, 0.29) is 11.7 Å². The highest BCUT2D eigenvalue weighted by atomic mass is 32.1. The van der Waals surface area contributed by atoms with Crippen molar-refractivity contribution in [3.05, 3.63) is 51.2 Å². The summed E-state index contributed by atoms with van der Waals surface area (Å²) in [7, 11) is 0. The van der Waals surface area contributed by atoms with Crippen molar-refractivity contribution in [2.45, 2.75) is 38.6 Å². The topological polar surface area (TPSA) is 70.5 Å². The van der Waals surface area contributed by atoms with Gasteiger partial charge in [0.15, 0.2) is 0 Å². The first kappa shape index (κ1) is 17.5. The monoisotopic (exact) mass is 362 g/mol. The molecule has 1 N–H and O–H groups in total. The number of hydrogen-bond acceptors (Lipinski definition) is 4. The Morgan fingerprint density at radius 1 is 1.32 bits per heavy atom. The van der Waals surface area contributed by atoms with E-state index in [0.29, 0.717) is 30.0 Å². The maximum Gasteiger partial charge on any atom is 0.326 e. The fourth-order valence-electron chi connectivity index (χ4n) is 3.07. The quantitative estimate of drug-likeness (QED) is 0.906. The number of halogens is 1. The smallest absolute Gasteiger partial charge is 0.326 e. The number of piperidine rings is 1. The molecule has 0 saturated carbocycles. The Balaban J connectivity index is 1.80. The first-order valence-electron chi connectivity index (χ1n) is 8.20. The van der Waals surface area contributed by atoms with Crippen LogP contribution >= 0.6 is 11.3 Å². The minimum absolute atomic E-state index is 0.257. The number of carbonyl (C=O) groups excluding carboxylic acids is 1. The Hall–Kier alpha value is -2.28. The summed E-state index contributed by atoms with van der Waals surface area (Å²) < 4.78 is 13.0. The van der Waals surface area contributed by atoms with E-state index in [9.17, 15) is 19.1 Å². The van der Waals surface area contributed by atoms with E-state index in [0.717, 1.165) is 23.4 Å². The Bertz CT molecular complexity index is 788. The number of carbonyl (C=O) groups is 2. The summed E-state index contributed by atoms with van der Waals surface area (Å²) in [6, 6.07) is 5.42. The Morgan fingerprint density at radius 2 is 2.04 bits per heavy atom. The number of aliphatic carboxylic acids is 1. The zero-order chi connectivity index (χ0) is 18.0. The van der Waals surface area contributed by atoms with Gasteiger partial charge in [-0.15, -0.1) is 11.3 Å². The number of thiazole rings is 1. The van der Waals surface area contributed by atoms with Crippen LogP contribution in [0.1, 0.15) is 45.2 Å². The molecule has 132 valence electrons. The number of rotatable bonds is 4. The maximum absolute atomic E-state index is 13.0. The number of carboxylic acids is 1. The zero-order valence-corrected chi connectivity index (χ0v) is 14.7. The Morgan fingerprint density at radius 3 is 2.72 bits per heavy atom. The second-order valence-electron chi connectivity index (χ2n) is 6.17. The lowest BCUT2D eigenvalue weighted by Crippen LogP contribution is -2.47. The molecular formula is C18H19FN2O3S. The number of hydrogen-bond donors (Lipinski definition) is 1. The minimum Gasteiger partial charge on any atom is -0.480 e. The number of carboxylic acid groups (broad SMARTS) is 1. The maximum atomic E-state index is 13.0. The second-order valence-corrected chi connectivity index (χ2v) is 7.26. The SMILES string of the molecule is Cc1nc(Cc2ccc(F)cc2)sc1C(=O)N1CCCCC1C(=O)O. The van der Waals surface area contributed by atoms with Crippen LogP contribution in [0.5, 0.6) is 0 Å². The molecule has 1 aromatic carbocycles. The summed E-state index contributed by atoms with van der Waals surface area (Å²) in [5, 5.41) is 10.1. The molecule has 3 rings (SSSR count). The normalized spacial score (nSPS) is 17.5. The van der Waals surface area contributed by atoms with Crippen molar-refractivity contribution < 1.29 is 19.1 Å². The average Bonchev–Trinajstić information content (AvgIpc) is 2.96. The number of amides is 1. The summed E-state index contributed by atoms with van der Waals surface area (Å²) in [5.41, 5.74) is 1.53. The molecule has 1 unspecified atom stereocenters. The molecule has 0 spiro atoms. The molecule has 1 aromatic heterocycles. The number of benzene rings is 1. The lowest BCUT2D eigenvalue weighted by Gasteiger charge is -2.32. The van der Waals surface area contributed by atoms with Crippen LogP contribution in [0.3, 0.4) is 0 Å². The van der Waals surface area contributed by atoms with Gasteiger partial charge in [-0.3, -0.25) is 4.79 Å². The molecule has 1 saturated heterocycles. The number of likely N-dealkylation sites (tertiary alicyclic amines) is 1. The molecule has 1 fully saturated rings. The summed E-state index contributed by atoms with van der Waals surface area (Å²) in [6.45, 7) is 2.22. The van der Waals surface area contributed by atoms with Crippen molar-refractivity contribution in [3.63, 3.8) is 0 Å².